The van der Waals surface area contributed by atoms with Gasteiger partial charge in [-0.1, -0.05) is 30.0 Å². The highest BCUT2D eigenvalue weighted by Gasteiger charge is 2.26. The van der Waals surface area contributed by atoms with Crippen molar-refractivity contribution in [3.05, 3.63) is 29.8 Å². The summed E-state index contributed by atoms with van der Waals surface area (Å²) in [7, 11) is 0. The first-order chi connectivity index (χ1) is 12.0. The molecule has 1 fully saturated rings. The zero-order valence-electron chi connectivity index (χ0n) is 14.0. The third-order valence-corrected chi connectivity index (χ3v) is 5.15. The van der Waals surface area contributed by atoms with Crippen molar-refractivity contribution in [1.29, 1.82) is 0 Å². The van der Waals surface area contributed by atoms with E-state index in [2.05, 4.69) is 10.2 Å². The van der Waals surface area contributed by atoms with E-state index in [0.29, 0.717) is 37.0 Å². The van der Waals surface area contributed by atoms with Crippen molar-refractivity contribution < 1.29 is 14.0 Å². The van der Waals surface area contributed by atoms with Crippen LogP contribution in [0.15, 0.2) is 33.9 Å². The van der Waals surface area contributed by atoms with E-state index in [0.717, 1.165) is 11.1 Å². The highest BCUT2D eigenvalue weighted by atomic mass is 32.2. The van der Waals surface area contributed by atoms with Gasteiger partial charge >= 0.3 is 0 Å². The van der Waals surface area contributed by atoms with E-state index in [9.17, 15) is 9.59 Å². The zero-order valence-corrected chi connectivity index (χ0v) is 14.8. The lowest BCUT2D eigenvalue weighted by molar-refractivity contribution is -0.132. The number of likely N-dealkylation sites (tertiary alicyclic amines) is 1. The first kappa shape index (κ1) is 17.5. The molecule has 132 valence electrons. The molecule has 2 N–H and O–H groups in total. The maximum Gasteiger partial charge on any atom is 0.277 e. The van der Waals surface area contributed by atoms with Gasteiger partial charge in [0.25, 0.3) is 5.22 Å². The van der Waals surface area contributed by atoms with E-state index in [1.54, 1.807) is 4.90 Å². The highest BCUT2D eigenvalue weighted by molar-refractivity contribution is 7.99. The molecule has 0 unspecified atom stereocenters. The van der Waals surface area contributed by atoms with Gasteiger partial charge in [-0.3, -0.25) is 9.59 Å². The minimum atomic E-state index is -0.281. The Kier molecular flexibility index (Phi) is 5.37. The Hall–Kier alpha value is -2.35. The summed E-state index contributed by atoms with van der Waals surface area (Å²) in [5.74, 6) is 0.288. The molecule has 1 aromatic heterocycles. The number of nitrogens with zero attached hydrogens (tertiary/aromatic N) is 3. The fraction of sp³-hybridized carbons (Fsp3) is 0.412. The summed E-state index contributed by atoms with van der Waals surface area (Å²) in [6.07, 6.45) is 1.26. The SMILES string of the molecule is Cc1ccccc1-c1nnc(SCC(=O)N2CCC(C(N)=O)CC2)o1. The van der Waals surface area contributed by atoms with Crippen LogP contribution in [0.1, 0.15) is 18.4 Å². The maximum absolute atomic E-state index is 12.3. The molecule has 1 aliphatic heterocycles. The van der Waals surface area contributed by atoms with Gasteiger partial charge in [0.15, 0.2) is 0 Å². The van der Waals surface area contributed by atoms with Crippen LogP contribution in [0, 0.1) is 12.8 Å². The molecule has 1 saturated heterocycles. The number of benzene rings is 1. The summed E-state index contributed by atoms with van der Waals surface area (Å²) >= 11 is 1.23. The second kappa shape index (κ2) is 7.69. The molecular weight excluding hydrogens is 340 g/mol. The van der Waals surface area contributed by atoms with Crippen LogP contribution in [0.25, 0.3) is 11.5 Å². The Morgan fingerprint density at radius 1 is 1.28 bits per heavy atom. The van der Waals surface area contributed by atoms with Crippen molar-refractivity contribution in [1.82, 2.24) is 15.1 Å². The van der Waals surface area contributed by atoms with E-state index in [-0.39, 0.29) is 23.5 Å². The third kappa shape index (κ3) is 4.19. The quantitative estimate of drug-likeness (QED) is 0.817. The van der Waals surface area contributed by atoms with E-state index in [4.69, 9.17) is 10.2 Å². The van der Waals surface area contributed by atoms with Crippen molar-refractivity contribution in [2.45, 2.75) is 25.0 Å². The molecule has 2 heterocycles. The molecule has 0 radical (unpaired) electrons. The third-order valence-electron chi connectivity index (χ3n) is 4.35. The summed E-state index contributed by atoms with van der Waals surface area (Å²) in [6.45, 7) is 3.10. The molecule has 0 atom stereocenters. The summed E-state index contributed by atoms with van der Waals surface area (Å²) < 4.78 is 5.65. The number of carbonyl (C=O) groups excluding carboxylic acids is 2. The van der Waals surface area contributed by atoms with Crippen molar-refractivity contribution in [2.24, 2.45) is 11.7 Å². The van der Waals surface area contributed by atoms with Crippen molar-refractivity contribution >= 4 is 23.6 Å². The molecule has 0 bridgehead atoms. The molecule has 3 rings (SSSR count). The fourth-order valence-electron chi connectivity index (χ4n) is 2.82. The summed E-state index contributed by atoms with van der Waals surface area (Å²) in [4.78, 5) is 25.2. The van der Waals surface area contributed by atoms with Crippen LogP contribution in [0.5, 0.6) is 0 Å². The number of rotatable bonds is 5. The number of thioether (sulfide) groups is 1. The molecule has 8 heteroatoms. The number of carbonyl (C=O) groups is 2. The average Bonchev–Trinajstić information content (AvgIpc) is 3.09. The van der Waals surface area contributed by atoms with Gasteiger partial charge in [-0.05, 0) is 31.4 Å². The number of amides is 2. The average molecular weight is 360 g/mol. The molecular formula is C17H20N4O3S. The number of aryl methyl sites for hydroxylation is 1. The van der Waals surface area contributed by atoms with Crippen LogP contribution in [0.4, 0.5) is 0 Å². The topological polar surface area (TPSA) is 102 Å². The van der Waals surface area contributed by atoms with Crippen molar-refractivity contribution in [2.75, 3.05) is 18.8 Å². The molecule has 0 aliphatic carbocycles. The Balaban J connectivity index is 1.53. The maximum atomic E-state index is 12.3. The van der Waals surface area contributed by atoms with Gasteiger partial charge in [-0.25, -0.2) is 0 Å². The molecule has 1 aliphatic rings. The molecule has 2 amide bonds. The van der Waals surface area contributed by atoms with Gasteiger partial charge in [-0.15, -0.1) is 10.2 Å². The molecule has 1 aromatic carbocycles. The second-order valence-electron chi connectivity index (χ2n) is 6.03. The molecule has 25 heavy (non-hydrogen) atoms. The normalized spacial score (nSPS) is 15.3. The number of hydrogen-bond acceptors (Lipinski definition) is 6. The van der Waals surface area contributed by atoms with Crippen LogP contribution < -0.4 is 5.73 Å². The number of nitrogens with two attached hydrogens (primary N) is 1. The number of primary amides is 1. The van der Waals surface area contributed by atoms with Gasteiger partial charge in [0, 0.05) is 24.6 Å². The minimum absolute atomic E-state index is 0.00330. The molecule has 7 nitrogen and oxygen atoms in total. The zero-order chi connectivity index (χ0) is 17.8. The van der Waals surface area contributed by atoms with Gasteiger partial charge in [0.05, 0.1) is 5.75 Å². The predicted octanol–water partition coefficient (Wildman–Crippen LogP) is 1.86. The fourth-order valence-corrected chi connectivity index (χ4v) is 3.48. The van der Waals surface area contributed by atoms with Crippen LogP contribution in [0.2, 0.25) is 0 Å². The van der Waals surface area contributed by atoms with Crippen molar-refractivity contribution in [3.8, 4) is 11.5 Å². The minimum Gasteiger partial charge on any atom is -0.411 e. The Morgan fingerprint density at radius 3 is 2.68 bits per heavy atom. The molecule has 0 saturated carbocycles. The number of piperidine rings is 1. The van der Waals surface area contributed by atoms with Gasteiger partial charge in [0.1, 0.15) is 0 Å². The van der Waals surface area contributed by atoms with Crippen LogP contribution in [-0.2, 0) is 9.59 Å². The van der Waals surface area contributed by atoms with Crippen LogP contribution in [0.3, 0.4) is 0 Å². The smallest absolute Gasteiger partial charge is 0.277 e. The number of hydrogen-bond donors (Lipinski definition) is 1. The standard InChI is InChI=1S/C17H20N4O3S/c1-11-4-2-3-5-13(11)16-19-20-17(24-16)25-10-14(22)21-8-6-12(7-9-21)15(18)23/h2-5,12H,6-10H2,1H3,(H2,18,23). The largest absolute Gasteiger partial charge is 0.411 e. The highest BCUT2D eigenvalue weighted by Crippen LogP contribution is 2.26. The van der Waals surface area contributed by atoms with Crippen molar-refractivity contribution in [3.63, 3.8) is 0 Å². The van der Waals surface area contributed by atoms with E-state index in [1.807, 2.05) is 31.2 Å². The summed E-state index contributed by atoms with van der Waals surface area (Å²) in [5, 5.41) is 8.43. The van der Waals surface area contributed by atoms with Gasteiger partial charge in [0.2, 0.25) is 17.7 Å². The van der Waals surface area contributed by atoms with Gasteiger partial charge in [-0.2, -0.15) is 0 Å². The lowest BCUT2D eigenvalue weighted by Crippen LogP contribution is -2.42. The monoisotopic (exact) mass is 360 g/mol. The second-order valence-corrected chi connectivity index (χ2v) is 6.96. The molecule has 2 aromatic rings. The van der Waals surface area contributed by atoms with E-state index < -0.39 is 0 Å². The number of aromatic nitrogens is 2. The van der Waals surface area contributed by atoms with Gasteiger partial charge < -0.3 is 15.1 Å². The lowest BCUT2D eigenvalue weighted by atomic mass is 9.96. The Labute approximate surface area is 150 Å². The predicted molar refractivity (Wildman–Crippen MR) is 93.7 cm³/mol. The van der Waals surface area contributed by atoms with E-state index in [1.165, 1.54) is 11.8 Å². The first-order valence-corrected chi connectivity index (χ1v) is 9.12. The van der Waals surface area contributed by atoms with Crippen LogP contribution in [-0.4, -0.2) is 45.8 Å². The first-order valence-electron chi connectivity index (χ1n) is 8.14. The Bertz CT molecular complexity index is 769. The summed E-state index contributed by atoms with van der Waals surface area (Å²) in [6, 6.07) is 7.76. The Morgan fingerprint density at radius 2 is 2.00 bits per heavy atom. The lowest BCUT2D eigenvalue weighted by Gasteiger charge is -2.30. The van der Waals surface area contributed by atoms with Crippen LogP contribution >= 0.6 is 11.8 Å². The summed E-state index contributed by atoms with van der Waals surface area (Å²) in [5.41, 5.74) is 7.25. The van der Waals surface area contributed by atoms with E-state index >= 15 is 0 Å². The molecule has 0 spiro atoms.